The number of benzene rings is 6. The molecule has 7 heteroatoms. The zero-order valence-electron chi connectivity index (χ0n) is 25.6. The van der Waals surface area contributed by atoms with Gasteiger partial charge in [-0.2, -0.15) is 4.98 Å². The highest BCUT2D eigenvalue weighted by Crippen LogP contribution is 2.42. The van der Waals surface area contributed by atoms with E-state index in [1.165, 1.54) is 43.9 Å². The lowest BCUT2D eigenvalue weighted by Crippen LogP contribution is -2.63. The molecule has 0 bridgehead atoms. The highest BCUT2D eigenvalue weighted by atomic mass is 16.5. The molecule has 220 valence electrons. The van der Waals surface area contributed by atoms with Crippen LogP contribution in [0.1, 0.15) is 0 Å². The van der Waals surface area contributed by atoms with Crippen LogP contribution in [-0.4, -0.2) is 23.0 Å². The largest absolute Gasteiger partial charge is 0.458 e. The molecule has 0 aliphatic carbocycles. The monoisotopic (exact) mass is 611 g/mol. The topological polar surface area (TPSA) is 39.5 Å². The molecule has 0 saturated heterocycles. The SMILES string of the molecule is c1ccc(N2c3cccc4c3B(c3cc5c(nc32)Oc2cccc3c2B5c2ccccc2O3)c2cccc3c5ccccc5n-4c23)cc1. The molecule has 0 unspecified atom stereocenters. The van der Waals surface area contributed by atoms with E-state index in [0.717, 1.165) is 50.8 Å². The molecule has 0 saturated carbocycles. The number of aromatic nitrogens is 2. The number of rotatable bonds is 1. The van der Waals surface area contributed by atoms with Crippen LogP contribution >= 0.6 is 0 Å². The predicted octanol–water partition coefficient (Wildman–Crippen LogP) is 5.52. The second kappa shape index (κ2) is 8.78. The minimum Gasteiger partial charge on any atom is -0.458 e. The molecule has 0 radical (unpaired) electrons. The van der Waals surface area contributed by atoms with E-state index in [0.29, 0.717) is 5.88 Å². The Hall–Kier alpha value is -6.20. The second-order valence-electron chi connectivity index (χ2n) is 13.0. The molecular weight excluding hydrogens is 588 g/mol. The van der Waals surface area contributed by atoms with Gasteiger partial charge >= 0.3 is 0 Å². The summed E-state index contributed by atoms with van der Waals surface area (Å²) >= 11 is 0. The molecule has 0 spiro atoms. The van der Waals surface area contributed by atoms with Gasteiger partial charge in [-0.15, -0.1) is 0 Å². The Bertz CT molecular complexity index is 2720. The van der Waals surface area contributed by atoms with Gasteiger partial charge in [0.15, 0.2) is 0 Å². The predicted molar refractivity (Wildman–Crippen MR) is 196 cm³/mol. The average Bonchev–Trinajstić information content (AvgIpc) is 3.48. The van der Waals surface area contributed by atoms with Gasteiger partial charge in [0.25, 0.3) is 13.4 Å². The smallest absolute Gasteiger partial charge is 0.262 e. The summed E-state index contributed by atoms with van der Waals surface area (Å²) in [4.78, 5) is 7.83. The van der Waals surface area contributed by atoms with Gasteiger partial charge in [0.1, 0.15) is 23.1 Å². The maximum absolute atomic E-state index is 6.72. The van der Waals surface area contributed by atoms with Crippen LogP contribution in [0, 0.1) is 0 Å². The molecule has 4 aliphatic rings. The summed E-state index contributed by atoms with van der Waals surface area (Å²) in [6, 6.07) is 49.7. The van der Waals surface area contributed by atoms with Gasteiger partial charge in [-0.3, -0.25) is 4.90 Å². The summed E-state index contributed by atoms with van der Waals surface area (Å²) in [5, 5.41) is 2.54. The van der Waals surface area contributed by atoms with Gasteiger partial charge in [-0.25, -0.2) is 0 Å². The first-order valence-electron chi connectivity index (χ1n) is 16.5. The molecule has 0 atom stereocenters. The minimum absolute atomic E-state index is 0.0174. The molecule has 12 rings (SSSR count). The zero-order chi connectivity index (χ0) is 31.1. The Morgan fingerprint density at radius 1 is 0.500 bits per heavy atom. The van der Waals surface area contributed by atoms with Crippen molar-refractivity contribution in [2.45, 2.75) is 0 Å². The first-order chi connectivity index (χ1) is 23.8. The normalized spacial score (nSPS) is 14.0. The zero-order valence-corrected chi connectivity index (χ0v) is 25.6. The number of fused-ring (bicyclic) bond motifs is 11. The molecule has 6 aromatic carbocycles. The lowest BCUT2D eigenvalue weighted by Gasteiger charge is -2.40. The number of ether oxygens (including phenoxy) is 2. The molecule has 4 aliphatic heterocycles. The van der Waals surface area contributed by atoms with Crippen LogP contribution in [-0.2, 0) is 0 Å². The summed E-state index contributed by atoms with van der Waals surface area (Å²) in [5.74, 6) is 4.05. The van der Waals surface area contributed by atoms with Crippen molar-refractivity contribution in [1.82, 2.24) is 9.55 Å². The first-order valence-corrected chi connectivity index (χ1v) is 16.5. The van der Waals surface area contributed by atoms with Crippen molar-refractivity contribution in [3.8, 4) is 28.8 Å². The Morgan fingerprint density at radius 2 is 1.19 bits per heavy atom. The summed E-state index contributed by atoms with van der Waals surface area (Å²) in [6.07, 6.45) is 0. The number of para-hydroxylation sites is 4. The van der Waals surface area contributed by atoms with Gasteiger partial charge < -0.3 is 14.0 Å². The highest BCUT2D eigenvalue weighted by molar-refractivity contribution is 7.02. The lowest BCUT2D eigenvalue weighted by molar-refractivity contribution is 0.453. The van der Waals surface area contributed by atoms with Crippen LogP contribution in [0.25, 0.3) is 27.5 Å². The maximum atomic E-state index is 6.72. The van der Waals surface area contributed by atoms with Crippen LogP contribution < -0.4 is 47.2 Å². The van der Waals surface area contributed by atoms with Crippen molar-refractivity contribution >= 4 is 85.2 Å². The standard InChI is InChI=1S/C41H23B2N3O2/c1-2-11-24(12-3-1)45-32-18-9-19-33-37(32)43(28-16-8-14-26-25-13-4-6-17-31(25)46(33)39(26)28)29-23-30-41(44-40(29)45)48-36-22-10-21-35-38(36)42(30)27-15-5-7-20-34(27)47-35/h1-23H. The van der Waals surface area contributed by atoms with E-state index in [1.54, 1.807) is 0 Å². The first kappa shape index (κ1) is 25.0. The third-order valence-electron chi connectivity index (χ3n) is 10.7. The molecule has 6 heterocycles. The van der Waals surface area contributed by atoms with E-state index in [9.17, 15) is 0 Å². The molecule has 0 N–H and O–H groups in total. The van der Waals surface area contributed by atoms with Crippen molar-refractivity contribution in [1.29, 1.82) is 0 Å². The fourth-order valence-corrected chi connectivity index (χ4v) is 8.88. The van der Waals surface area contributed by atoms with Crippen molar-refractivity contribution in [2.24, 2.45) is 0 Å². The van der Waals surface area contributed by atoms with Crippen LogP contribution in [0.2, 0.25) is 0 Å². The van der Waals surface area contributed by atoms with Crippen molar-refractivity contribution < 1.29 is 9.47 Å². The third kappa shape index (κ3) is 2.98. The molecule has 8 aromatic rings. The van der Waals surface area contributed by atoms with Gasteiger partial charge in [0.2, 0.25) is 5.88 Å². The van der Waals surface area contributed by atoms with E-state index in [-0.39, 0.29) is 13.4 Å². The Morgan fingerprint density at radius 3 is 2.12 bits per heavy atom. The average molecular weight is 611 g/mol. The summed E-state index contributed by atoms with van der Waals surface area (Å²) in [7, 11) is 0. The minimum atomic E-state index is -0.0599. The van der Waals surface area contributed by atoms with E-state index < -0.39 is 0 Å². The lowest BCUT2D eigenvalue weighted by atomic mass is 9.31. The van der Waals surface area contributed by atoms with E-state index >= 15 is 0 Å². The Labute approximate surface area is 276 Å². The highest BCUT2D eigenvalue weighted by Gasteiger charge is 2.46. The third-order valence-corrected chi connectivity index (χ3v) is 10.7. The fraction of sp³-hybridized carbons (Fsp3) is 0. The molecule has 48 heavy (non-hydrogen) atoms. The Balaban J connectivity index is 1.22. The molecule has 2 aromatic heterocycles. The number of nitrogens with zero attached hydrogens (tertiary/aromatic N) is 3. The number of hydrogen-bond acceptors (Lipinski definition) is 4. The summed E-state index contributed by atoms with van der Waals surface area (Å²) in [6.45, 7) is -0.0773. The van der Waals surface area contributed by atoms with Crippen LogP contribution in [0.5, 0.6) is 23.1 Å². The Kier molecular flexibility index (Phi) is 4.56. The summed E-state index contributed by atoms with van der Waals surface area (Å²) < 4.78 is 15.6. The van der Waals surface area contributed by atoms with Gasteiger partial charge in [-0.1, -0.05) is 91.0 Å². The quantitative estimate of drug-likeness (QED) is 0.230. The van der Waals surface area contributed by atoms with Crippen LogP contribution in [0.4, 0.5) is 17.2 Å². The van der Waals surface area contributed by atoms with Crippen molar-refractivity contribution in [3.05, 3.63) is 140 Å². The number of pyridine rings is 1. The number of hydrogen-bond donors (Lipinski definition) is 0. The van der Waals surface area contributed by atoms with Gasteiger partial charge in [0.05, 0.1) is 5.52 Å². The van der Waals surface area contributed by atoms with Crippen LogP contribution in [0.3, 0.4) is 0 Å². The van der Waals surface area contributed by atoms with Crippen molar-refractivity contribution in [2.75, 3.05) is 4.90 Å². The van der Waals surface area contributed by atoms with Gasteiger partial charge in [-0.05, 0) is 75.8 Å². The van der Waals surface area contributed by atoms with E-state index in [2.05, 4.69) is 125 Å². The van der Waals surface area contributed by atoms with Crippen LogP contribution in [0.15, 0.2) is 140 Å². The van der Waals surface area contributed by atoms with Crippen molar-refractivity contribution in [3.63, 3.8) is 0 Å². The molecule has 0 amide bonds. The van der Waals surface area contributed by atoms with E-state index in [4.69, 9.17) is 14.5 Å². The van der Waals surface area contributed by atoms with Gasteiger partial charge in [0, 0.05) is 38.8 Å². The fourth-order valence-electron chi connectivity index (χ4n) is 8.88. The van der Waals surface area contributed by atoms with E-state index in [1.807, 2.05) is 24.3 Å². The maximum Gasteiger partial charge on any atom is 0.262 e. The summed E-state index contributed by atoms with van der Waals surface area (Å²) in [5.41, 5.74) is 12.9. The second-order valence-corrected chi connectivity index (χ2v) is 13.0. The molecular formula is C41H23B2N3O2. The molecule has 0 fully saturated rings. The number of anilines is 3. The molecule has 5 nitrogen and oxygen atoms in total.